The van der Waals surface area contributed by atoms with Crippen molar-refractivity contribution < 1.29 is 14.6 Å². The van der Waals surface area contributed by atoms with Crippen LogP contribution < -0.4 is 0 Å². The van der Waals surface area contributed by atoms with E-state index in [-0.39, 0.29) is 22.9 Å². The van der Waals surface area contributed by atoms with Gasteiger partial charge in [0.1, 0.15) is 11.3 Å². The molecular formula is C17H26N2O5. The Hall–Kier alpha value is -2.31. The van der Waals surface area contributed by atoms with Crippen molar-refractivity contribution >= 4 is 17.2 Å². The fourth-order valence-corrected chi connectivity index (χ4v) is 2.41. The van der Waals surface area contributed by atoms with E-state index in [1.54, 1.807) is 13.8 Å². The van der Waals surface area contributed by atoms with Crippen LogP contribution in [0.4, 0.5) is 11.4 Å². The molecule has 0 radical (unpaired) electrons. The number of hydrogen-bond donors (Lipinski definition) is 0. The summed E-state index contributed by atoms with van der Waals surface area (Å²) in [5.41, 5.74) is 0.928. The molecule has 0 aliphatic carbocycles. The van der Waals surface area contributed by atoms with Crippen LogP contribution in [-0.2, 0) is 11.2 Å². The second kappa shape index (κ2) is 9.75. The molecule has 0 bridgehead atoms. The van der Waals surface area contributed by atoms with Gasteiger partial charge in [0.25, 0.3) is 11.4 Å². The Labute approximate surface area is 142 Å². The molecule has 0 aliphatic heterocycles. The molecule has 0 fully saturated rings. The zero-order chi connectivity index (χ0) is 19.0. The summed E-state index contributed by atoms with van der Waals surface area (Å²) in [6.07, 6.45) is 1.71. The quantitative estimate of drug-likeness (QED) is 0.552. The summed E-state index contributed by atoms with van der Waals surface area (Å²) in [5.74, 6) is 0.457. The van der Waals surface area contributed by atoms with Crippen LogP contribution in [0.15, 0.2) is 6.07 Å². The maximum Gasteiger partial charge on any atom is 0.282 e. The van der Waals surface area contributed by atoms with E-state index in [4.69, 9.17) is 0 Å². The van der Waals surface area contributed by atoms with Crippen LogP contribution in [-0.4, -0.2) is 15.6 Å². The van der Waals surface area contributed by atoms with Gasteiger partial charge in [-0.1, -0.05) is 27.7 Å². The van der Waals surface area contributed by atoms with E-state index in [0.29, 0.717) is 36.2 Å². The highest BCUT2D eigenvalue weighted by molar-refractivity contribution is 5.77. The minimum absolute atomic E-state index is 0.114. The Morgan fingerprint density at radius 2 is 1.38 bits per heavy atom. The molecule has 0 N–H and O–H groups in total. The maximum atomic E-state index is 11.1. The van der Waals surface area contributed by atoms with Crippen molar-refractivity contribution in [3.63, 3.8) is 0 Å². The number of rotatable bonds is 6. The molecule has 7 nitrogen and oxygen atoms in total. The van der Waals surface area contributed by atoms with Gasteiger partial charge in [0, 0.05) is 24.0 Å². The van der Waals surface area contributed by atoms with E-state index in [1.807, 2.05) is 27.7 Å². The van der Waals surface area contributed by atoms with Crippen molar-refractivity contribution in [3.05, 3.63) is 43.0 Å². The van der Waals surface area contributed by atoms with Gasteiger partial charge in [-0.25, -0.2) is 0 Å². The molecule has 7 heteroatoms. The molecule has 0 saturated carbocycles. The topological polar surface area (TPSA) is 103 Å². The average molecular weight is 338 g/mol. The number of carbonyl (C=O) groups excluding carboxylic acids is 1. The number of nitro groups is 2. The Balaban J connectivity index is 0.000000754. The highest BCUT2D eigenvalue weighted by atomic mass is 16.6. The predicted molar refractivity (Wildman–Crippen MR) is 93.4 cm³/mol. The lowest BCUT2D eigenvalue weighted by Crippen LogP contribution is -2.07. The third-order valence-corrected chi connectivity index (χ3v) is 3.52. The highest BCUT2D eigenvalue weighted by Gasteiger charge is 2.29. The Bertz CT molecular complexity index is 580. The first-order valence-corrected chi connectivity index (χ1v) is 8.00. The molecule has 1 rings (SSSR count). The first-order valence-electron chi connectivity index (χ1n) is 8.00. The van der Waals surface area contributed by atoms with Crippen LogP contribution in [0.1, 0.15) is 57.2 Å². The molecule has 0 unspecified atom stereocenters. The predicted octanol–water partition coefficient (Wildman–Crippen LogP) is 4.69. The van der Waals surface area contributed by atoms with E-state index in [9.17, 15) is 25.0 Å². The summed E-state index contributed by atoms with van der Waals surface area (Å²) in [7, 11) is 0. The van der Waals surface area contributed by atoms with Crippen LogP contribution >= 0.6 is 0 Å². The molecule has 0 heterocycles. The van der Waals surface area contributed by atoms with Gasteiger partial charge in [-0.2, -0.15) is 0 Å². The normalized spacial score (nSPS) is 10.1. The van der Waals surface area contributed by atoms with Crippen molar-refractivity contribution in [1.82, 2.24) is 0 Å². The fourth-order valence-electron chi connectivity index (χ4n) is 2.41. The fraction of sp³-hybridized carbons (Fsp3) is 0.588. The second-order valence-electron chi connectivity index (χ2n) is 6.04. The second-order valence-corrected chi connectivity index (χ2v) is 6.04. The van der Waals surface area contributed by atoms with E-state index < -0.39 is 9.85 Å². The number of benzene rings is 1. The molecule has 1 aromatic carbocycles. The van der Waals surface area contributed by atoms with Gasteiger partial charge in [-0.15, -0.1) is 0 Å². The number of nitro benzene ring substituents is 2. The number of carbonyl (C=O) groups is 1. The highest BCUT2D eigenvalue weighted by Crippen LogP contribution is 2.36. The smallest absolute Gasteiger partial charge is 0.282 e. The summed E-state index contributed by atoms with van der Waals surface area (Å²) >= 11 is 0. The van der Waals surface area contributed by atoms with Gasteiger partial charge in [-0.05, 0) is 32.3 Å². The largest absolute Gasteiger partial charge is 0.300 e. The molecule has 1 aromatic rings. The summed E-state index contributed by atoms with van der Waals surface area (Å²) in [6.45, 7) is 10.7. The summed E-state index contributed by atoms with van der Waals surface area (Å²) < 4.78 is 0. The Morgan fingerprint density at radius 1 is 1.00 bits per heavy atom. The van der Waals surface area contributed by atoms with E-state index >= 15 is 0 Å². The third kappa shape index (κ3) is 6.06. The number of hydrogen-bond acceptors (Lipinski definition) is 5. The number of nitrogens with zero attached hydrogens (tertiary/aromatic N) is 2. The van der Waals surface area contributed by atoms with Gasteiger partial charge in [0.05, 0.1) is 9.85 Å². The summed E-state index contributed by atoms with van der Waals surface area (Å²) in [5, 5.41) is 22.2. The van der Waals surface area contributed by atoms with Crippen molar-refractivity contribution in [1.29, 1.82) is 0 Å². The maximum absolute atomic E-state index is 11.1. The SMILES string of the molecule is CCC(=O)CC.Cc1cc(C)c([N+](=O)[O-])c(CC(C)C)c1[N+](=O)[O-]. The molecule has 0 amide bonds. The third-order valence-electron chi connectivity index (χ3n) is 3.52. The van der Waals surface area contributed by atoms with Crippen molar-refractivity contribution in [2.45, 2.75) is 60.8 Å². The first kappa shape index (κ1) is 21.7. The average Bonchev–Trinajstić information content (AvgIpc) is 2.44. The molecular weight excluding hydrogens is 312 g/mol. The molecule has 134 valence electrons. The summed E-state index contributed by atoms with van der Waals surface area (Å²) in [6, 6.07) is 1.50. The number of Topliss-reactive ketones (excluding diaryl/α,β-unsaturated/α-hetero) is 1. The minimum Gasteiger partial charge on any atom is -0.300 e. The monoisotopic (exact) mass is 338 g/mol. The van der Waals surface area contributed by atoms with Crippen LogP contribution in [0, 0.1) is 40.0 Å². The molecule has 0 saturated heterocycles. The zero-order valence-electron chi connectivity index (χ0n) is 15.2. The van der Waals surface area contributed by atoms with Gasteiger partial charge in [0.15, 0.2) is 0 Å². The lowest BCUT2D eigenvalue weighted by atomic mass is 9.94. The van der Waals surface area contributed by atoms with E-state index in [0.717, 1.165) is 0 Å². The lowest BCUT2D eigenvalue weighted by molar-refractivity contribution is -0.396. The molecule has 0 aliphatic rings. The van der Waals surface area contributed by atoms with Crippen LogP contribution in [0.2, 0.25) is 0 Å². The molecule has 0 aromatic heterocycles. The van der Waals surface area contributed by atoms with Crippen molar-refractivity contribution in [2.24, 2.45) is 5.92 Å². The molecule has 24 heavy (non-hydrogen) atoms. The van der Waals surface area contributed by atoms with Gasteiger partial charge in [-0.3, -0.25) is 25.0 Å². The first-order chi connectivity index (χ1) is 11.1. The molecule has 0 spiro atoms. The Kier molecular flexibility index (Phi) is 8.81. The Morgan fingerprint density at radius 3 is 1.58 bits per heavy atom. The number of aryl methyl sites for hydroxylation is 2. The van der Waals surface area contributed by atoms with E-state index in [1.165, 1.54) is 6.07 Å². The van der Waals surface area contributed by atoms with E-state index in [2.05, 4.69) is 0 Å². The van der Waals surface area contributed by atoms with Crippen molar-refractivity contribution in [2.75, 3.05) is 0 Å². The lowest BCUT2D eigenvalue weighted by Gasteiger charge is -2.10. The van der Waals surface area contributed by atoms with Crippen LogP contribution in [0.3, 0.4) is 0 Å². The van der Waals surface area contributed by atoms with Crippen LogP contribution in [0.5, 0.6) is 0 Å². The molecule has 0 atom stereocenters. The van der Waals surface area contributed by atoms with Gasteiger partial charge < -0.3 is 0 Å². The van der Waals surface area contributed by atoms with Crippen molar-refractivity contribution in [3.8, 4) is 0 Å². The van der Waals surface area contributed by atoms with Gasteiger partial charge in [0.2, 0.25) is 0 Å². The summed E-state index contributed by atoms with van der Waals surface area (Å²) in [4.78, 5) is 31.3. The van der Waals surface area contributed by atoms with Gasteiger partial charge >= 0.3 is 0 Å². The minimum atomic E-state index is -0.528. The van der Waals surface area contributed by atoms with Crippen LogP contribution in [0.25, 0.3) is 0 Å². The standard InChI is InChI=1S/C12H16N2O4.C5H10O/c1-7(2)5-10-11(13(15)16)8(3)6-9(4)12(10)14(17)18;1-3-5(6)4-2/h6-7H,5H2,1-4H3;3-4H2,1-2H3. The number of ketones is 1. The zero-order valence-corrected chi connectivity index (χ0v) is 15.2.